The smallest absolute Gasteiger partial charge is 0.166 e. The fourth-order valence-corrected chi connectivity index (χ4v) is 2.08. The first-order valence-corrected chi connectivity index (χ1v) is 6.15. The third-order valence-electron chi connectivity index (χ3n) is 3.31. The molecule has 0 aromatic heterocycles. The molecule has 0 spiro atoms. The molecular formula is C15H22O. The van der Waals surface area contributed by atoms with Crippen LogP contribution in [0.4, 0.5) is 0 Å². The number of hydrogen-bond acceptors (Lipinski definition) is 1. The molecule has 1 heteroatoms. The molecule has 1 nitrogen and oxygen atoms in total. The standard InChI is InChI=1S/C15H22O/c1-6-10(3)15(16)14-11(4)8-13(7-2)9-12(14)5/h8-10H,6-7H2,1-5H3. The number of aryl methyl sites for hydroxylation is 3. The second-order valence-corrected chi connectivity index (χ2v) is 4.63. The maximum absolute atomic E-state index is 12.2. The van der Waals surface area contributed by atoms with Crippen LogP contribution in [-0.2, 0) is 6.42 Å². The highest BCUT2D eigenvalue weighted by molar-refractivity contribution is 6.00. The van der Waals surface area contributed by atoms with E-state index in [9.17, 15) is 4.79 Å². The lowest BCUT2D eigenvalue weighted by Crippen LogP contribution is -2.13. The number of carbonyl (C=O) groups excluding carboxylic acids is 1. The molecule has 0 bridgehead atoms. The van der Waals surface area contributed by atoms with E-state index in [1.54, 1.807) is 0 Å². The number of benzene rings is 1. The summed E-state index contributed by atoms with van der Waals surface area (Å²) in [6.07, 6.45) is 1.94. The molecular weight excluding hydrogens is 196 g/mol. The van der Waals surface area contributed by atoms with E-state index in [1.165, 1.54) is 5.56 Å². The second kappa shape index (κ2) is 5.29. The molecule has 0 radical (unpaired) electrons. The van der Waals surface area contributed by atoms with Gasteiger partial charge in [-0.1, -0.05) is 32.9 Å². The van der Waals surface area contributed by atoms with E-state index in [1.807, 2.05) is 20.8 Å². The molecule has 1 unspecified atom stereocenters. The normalized spacial score (nSPS) is 12.6. The summed E-state index contributed by atoms with van der Waals surface area (Å²) >= 11 is 0. The Bertz CT molecular complexity index is 367. The third kappa shape index (κ3) is 2.52. The van der Waals surface area contributed by atoms with Gasteiger partial charge in [-0.25, -0.2) is 0 Å². The lowest BCUT2D eigenvalue weighted by Gasteiger charge is -2.14. The molecule has 1 aromatic rings. The van der Waals surface area contributed by atoms with Gasteiger partial charge in [0.25, 0.3) is 0 Å². The minimum atomic E-state index is 0.130. The minimum Gasteiger partial charge on any atom is -0.294 e. The molecule has 0 N–H and O–H groups in total. The van der Waals surface area contributed by atoms with Gasteiger partial charge in [0.05, 0.1) is 0 Å². The van der Waals surface area contributed by atoms with Gasteiger partial charge in [0, 0.05) is 11.5 Å². The van der Waals surface area contributed by atoms with Crippen molar-refractivity contribution in [3.63, 3.8) is 0 Å². The lowest BCUT2D eigenvalue weighted by molar-refractivity contribution is 0.0926. The summed E-state index contributed by atoms with van der Waals surface area (Å²) in [5.41, 5.74) is 4.51. The quantitative estimate of drug-likeness (QED) is 0.695. The fraction of sp³-hybridized carbons (Fsp3) is 0.533. The molecule has 1 rings (SSSR count). The van der Waals surface area contributed by atoms with Gasteiger partial charge >= 0.3 is 0 Å². The Labute approximate surface area is 98.9 Å². The Morgan fingerprint density at radius 2 is 1.69 bits per heavy atom. The van der Waals surface area contributed by atoms with E-state index in [0.29, 0.717) is 5.78 Å². The maximum atomic E-state index is 12.2. The van der Waals surface area contributed by atoms with Gasteiger partial charge in [0.2, 0.25) is 0 Å². The first-order chi connectivity index (χ1) is 7.51. The topological polar surface area (TPSA) is 17.1 Å². The third-order valence-corrected chi connectivity index (χ3v) is 3.31. The second-order valence-electron chi connectivity index (χ2n) is 4.63. The van der Waals surface area contributed by atoms with Gasteiger partial charge in [-0.3, -0.25) is 4.79 Å². The predicted octanol–water partition coefficient (Wildman–Crippen LogP) is 4.09. The lowest BCUT2D eigenvalue weighted by atomic mass is 9.89. The number of Topliss-reactive ketones (excluding diaryl/α,β-unsaturated/α-hetero) is 1. The van der Waals surface area contributed by atoms with Gasteiger partial charge in [-0.05, 0) is 43.4 Å². The van der Waals surface area contributed by atoms with Crippen LogP contribution in [0.25, 0.3) is 0 Å². The van der Waals surface area contributed by atoms with Crippen LogP contribution in [-0.4, -0.2) is 5.78 Å². The zero-order chi connectivity index (χ0) is 12.3. The van der Waals surface area contributed by atoms with Crippen molar-refractivity contribution in [2.75, 3.05) is 0 Å². The maximum Gasteiger partial charge on any atom is 0.166 e. The molecule has 88 valence electrons. The predicted molar refractivity (Wildman–Crippen MR) is 69.1 cm³/mol. The Morgan fingerprint density at radius 1 is 1.19 bits per heavy atom. The van der Waals surface area contributed by atoms with E-state index in [-0.39, 0.29) is 5.92 Å². The van der Waals surface area contributed by atoms with Crippen LogP contribution in [0.2, 0.25) is 0 Å². The molecule has 0 amide bonds. The summed E-state index contributed by atoms with van der Waals surface area (Å²) in [5, 5.41) is 0. The van der Waals surface area contributed by atoms with Crippen LogP contribution in [0, 0.1) is 19.8 Å². The SMILES string of the molecule is CCc1cc(C)c(C(=O)C(C)CC)c(C)c1. The molecule has 0 aliphatic heterocycles. The highest BCUT2D eigenvalue weighted by Crippen LogP contribution is 2.21. The molecule has 0 saturated heterocycles. The van der Waals surface area contributed by atoms with Crippen LogP contribution in [0.15, 0.2) is 12.1 Å². The van der Waals surface area contributed by atoms with Crippen LogP contribution in [0.3, 0.4) is 0 Å². The van der Waals surface area contributed by atoms with Crippen molar-refractivity contribution in [3.05, 3.63) is 34.4 Å². The van der Waals surface area contributed by atoms with E-state index >= 15 is 0 Å². The number of carbonyl (C=O) groups is 1. The van der Waals surface area contributed by atoms with Gasteiger partial charge in [0.1, 0.15) is 0 Å². The molecule has 0 fully saturated rings. The van der Waals surface area contributed by atoms with Gasteiger partial charge < -0.3 is 0 Å². The van der Waals surface area contributed by atoms with Crippen molar-refractivity contribution in [1.29, 1.82) is 0 Å². The van der Waals surface area contributed by atoms with Crippen LogP contribution >= 0.6 is 0 Å². The van der Waals surface area contributed by atoms with Crippen molar-refractivity contribution in [2.45, 2.75) is 47.5 Å². The van der Waals surface area contributed by atoms with Gasteiger partial charge in [-0.15, -0.1) is 0 Å². The Kier molecular flexibility index (Phi) is 4.28. The average Bonchev–Trinajstić information content (AvgIpc) is 2.26. The number of ketones is 1. The fourth-order valence-electron chi connectivity index (χ4n) is 2.08. The number of hydrogen-bond donors (Lipinski definition) is 0. The Balaban J connectivity index is 3.19. The summed E-state index contributed by atoms with van der Waals surface area (Å²) in [4.78, 5) is 12.2. The molecule has 0 heterocycles. The van der Waals surface area contributed by atoms with Crippen LogP contribution in [0.5, 0.6) is 0 Å². The Morgan fingerprint density at radius 3 is 2.06 bits per heavy atom. The van der Waals surface area contributed by atoms with Crippen molar-refractivity contribution in [2.24, 2.45) is 5.92 Å². The summed E-state index contributed by atoms with van der Waals surface area (Å²) in [7, 11) is 0. The van der Waals surface area contributed by atoms with E-state index < -0.39 is 0 Å². The number of rotatable bonds is 4. The molecule has 16 heavy (non-hydrogen) atoms. The Hall–Kier alpha value is -1.11. The first kappa shape index (κ1) is 13.0. The first-order valence-electron chi connectivity index (χ1n) is 6.15. The van der Waals surface area contributed by atoms with E-state index in [4.69, 9.17) is 0 Å². The monoisotopic (exact) mass is 218 g/mol. The largest absolute Gasteiger partial charge is 0.294 e. The highest BCUT2D eigenvalue weighted by atomic mass is 16.1. The van der Waals surface area contributed by atoms with Crippen molar-refractivity contribution in [3.8, 4) is 0 Å². The molecule has 1 atom stereocenters. The highest BCUT2D eigenvalue weighted by Gasteiger charge is 2.17. The van der Waals surface area contributed by atoms with Gasteiger partial charge in [0.15, 0.2) is 5.78 Å². The summed E-state index contributed by atoms with van der Waals surface area (Å²) in [6, 6.07) is 4.28. The molecule has 0 aliphatic rings. The summed E-state index contributed by atoms with van der Waals surface area (Å²) in [6.45, 7) is 10.3. The zero-order valence-corrected chi connectivity index (χ0v) is 11.1. The summed E-state index contributed by atoms with van der Waals surface area (Å²) in [5.74, 6) is 0.421. The van der Waals surface area contributed by atoms with E-state index in [0.717, 1.165) is 29.5 Å². The van der Waals surface area contributed by atoms with E-state index in [2.05, 4.69) is 26.0 Å². The van der Waals surface area contributed by atoms with Crippen molar-refractivity contribution < 1.29 is 4.79 Å². The van der Waals surface area contributed by atoms with Crippen LogP contribution in [0.1, 0.15) is 54.2 Å². The zero-order valence-electron chi connectivity index (χ0n) is 11.1. The van der Waals surface area contributed by atoms with Crippen LogP contribution < -0.4 is 0 Å². The molecule has 1 aromatic carbocycles. The molecule has 0 saturated carbocycles. The van der Waals surface area contributed by atoms with Crippen molar-refractivity contribution in [1.82, 2.24) is 0 Å². The van der Waals surface area contributed by atoms with Crippen molar-refractivity contribution >= 4 is 5.78 Å². The minimum absolute atomic E-state index is 0.130. The molecule has 0 aliphatic carbocycles. The summed E-state index contributed by atoms with van der Waals surface area (Å²) < 4.78 is 0. The average molecular weight is 218 g/mol. The van der Waals surface area contributed by atoms with Gasteiger partial charge in [-0.2, -0.15) is 0 Å².